The van der Waals surface area contributed by atoms with Crippen LogP contribution < -0.4 is 10.1 Å². The molecule has 0 spiro atoms. The molecule has 3 rings (SSSR count). The van der Waals surface area contributed by atoms with Crippen molar-refractivity contribution in [2.75, 3.05) is 11.9 Å². The number of fused-ring (bicyclic) bond motifs is 1. The Kier molecular flexibility index (Phi) is 4.26. The van der Waals surface area contributed by atoms with E-state index in [4.69, 9.17) is 4.74 Å². The van der Waals surface area contributed by atoms with Gasteiger partial charge < -0.3 is 10.1 Å². The van der Waals surface area contributed by atoms with Crippen molar-refractivity contribution in [2.45, 2.75) is 19.9 Å². The van der Waals surface area contributed by atoms with Crippen LogP contribution in [0.2, 0.25) is 0 Å². The van der Waals surface area contributed by atoms with Gasteiger partial charge in [0.05, 0.1) is 0 Å². The Labute approximate surface area is 130 Å². The van der Waals surface area contributed by atoms with E-state index in [1.165, 1.54) is 10.8 Å². The number of nitrogens with zero attached hydrogens (tertiary/aromatic N) is 5. The zero-order valence-electron chi connectivity index (χ0n) is 12.3. The average molecular weight is 320 g/mol. The van der Waals surface area contributed by atoms with Gasteiger partial charge in [-0.2, -0.15) is 0 Å². The highest BCUT2D eigenvalue weighted by Crippen LogP contribution is 2.17. The minimum Gasteiger partial charge on any atom is -0.471 e. The highest BCUT2D eigenvalue weighted by atomic mass is 19.3. The maximum Gasteiger partial charge on any atom is 0.272 e. The third kappa shape index (κ3) is 3.68. The van der Waals surface area contributed by atoms with Crippen molar-refractivity contribution in [3.05, 3.63) is 41.9 Å². The quantitative estimate of drug-likeness (QED) is 0.749. The topological polar surface area (TPSA) is 77.2 Å². The molecule has 3 aromatic rings. The number of halogens is 2. The zero-order chi connectivity index (χ0) is 16.2. The molecule has 3 aromatic heterocycles. The van der Waals surface area contributed by atoms with Crippen LogP contribution in [-0.2, 0) is 6.54 Å². The third-order valence-corrected chi connectivity index (χ3v) is 2.97. The lowest BCUT2D eigenvalue weighted by atomic mass is 10.2. The minimum absolute atomic E-state index is 0.179. The van der Waals surface area contributed by atoms with Crippen LogP contribution >= 0.6 is 0 Å². The molecule has 0 aliphatic carbocycles. The molecule has 0 amide bonds. The molecule has 0 fully saturated rings. The fraction of sp³-hybridized carbons (Fsp3) is 0.286. The largest absolute Gasteiger partial charge is 0.471 e. The third-order valence-electron chi connectivity index (χ3n) is 2.97. The number of aromatic nitrogens is 5. The molecule has 0 saturated heterocycles. The molecule has 0 saturated carbocycles. The minimum atomic E-state index is -2.54. The number of rotatable bonds is 6. The first-order valence-corrected chi connectivity index (χ1v) is 6.91. The van der Waals surface area contributed by atoms with Crippen LogP contribution in [0.4, 0.5) is 14.6 Å². The Morgan fingerprint density at radius 1 is 1.26 bits per heavy atom. The van der Waals surface area contributed by atoms with Gasteiger partial charge in [0.2, 0.25) is 5.88 Å². The predicted octanol–water partition coefficient (Wildman–Crippen LogP) is 2.08. The Morgan fingerprint density at radius 2 is 2.13 bits per heavy atom. The summed E-state index contributed by atoms with van der Waals surface area (Å²) in [5.41, 5.74) is 1.31. The monoisotopic (exact) mass is 320 g/mol. The highest BCUT2D eigenvalue weighted by Gasteiger charge is 2.09. The van der Waals surface area contributed by atoms with E-state index < -0.39 is 13.0 Å². The van der Waals surface area contributed by atoms with Crippen molar-refractivity contribution in [3.8, 4) is 5.88 Å². The van der Waals surface area contributed by atoms with Crippen LogP contribution in [-0.4, -0.2) is 37.8 Å². The number of aryl methyl sites for hydroxylation is 1. The number of ether oxygens (including phenoxy) is 1. The summed E-state index contributed by atoms with van der Waals surface area (Å²) in [7, 11) is 0. The lowest BCUT2D eigenvalue weighted by molar-refractivity contribution is 0.0791. The smallest absolute Gasteiger partial charge is 0.272 e. The van der Waals surface area contributed by atoms with Gasteiger partial charge in [-0.1, -0.05) is 6.07 Å². The first kappa shape index (κ1) is 15.1. The van der Waals surface area contributed by atoms with Crippen LogP contribution in [0.15, 0.2) is 30.5 Å². The molecule has 0 unspecified atom stereocenters. The average Bonchev–Trinajstić information content (AvgIpc) is 2.90. The van der Waals surface area contributed by atoms with Crippen molar-refractivity contribution < 1.29 is 13.5 Å². The molecule has 7 nitrogen and oxygen atoms in total. The summed E-state index contributed by atoms with van der Waals surface area (Å²) in [6.07, 6.45) is -1.05. The highest BCUT2D eigenvalue weighted by molar-refractivity contribution is 5.44. The standard InChI is InChI=1S/C14H14F2N6O/c1-9-19-13-5-4-12(21-22(13)20-9)18-7-10-3-2-6-17-14(10)23-8-11(15)16/h2-6,11H,7-8H2,1H3,(H,18,21). The number of hydrogen-bond acceptors (Lipinski definition) is 6. The van der Waals surface area contributed by atoms with E-state index in [1.54, 1.807) is 31.2 Å². The number of hydrogen-bond donors (Lipinski definition) is 1. The number of nitrogens with one attached hydrogen (secondary N) is 1. The van der Waals surface area contributed by atoms with Crippen molar-refractivity contribution in [3.63, 3.8) is 0 Å². The summed E-state index contributed by atoms with van der Waals surface area (Å²) >= 11 is 0. The van der Waals surface area contributed by atoms with Crippen molar-refractivity contribution in [2.24, 2.45) is 0 Å². The summed E-state index contributed by atoms with van der Waals surface area (Å²) in [5, 5.41) is 11.5. The van der Waals surface area contributed by atoms with Crippen LogP contribution in [0, 0.1) is 6.92 Å². The number of anilines is 1. The number of alkyl halides is 2. The first-order valence-electron chi connectivity index (χ1n) is 6.91. The van der Waals surface area contributed by atoms with Crippen molar-refractivity contribution >= 4 is 11.5 Å². The van der Waals surface area contributed by atoms with Crippen LogP contribution in [0.5, 0.6) is 5.88 Å². The fourth-order valence-electron chi connectivity index (χ4n) is 2.00. The van der Waals surface area contributed by atoms with Gasteiger partial charge in [0, 0.05) is 18.3 Å². The van der Waals surface area contributed by atoms with E-state index in [1.807, 2.05) is 0 Å². The van der Waals surface area contributed by atoms with E-state index in [0.717, 1.165) is 0 Å². The molecule has 0 radical (unpaired) electrons. The lowest BCUT2D eigenvalue weighted by Gasteiger charge is -2.10. The summed E-state index contributed by atoms with van der Waals surface area (Å²) < 4.78 is 31.0. The van der Waals surface area contributed by atoms with Gasteiger partial charge in [0.25, 0.3) is 6.43 Å². The van der Waals surface area contributed by atoms with Gasteiger partial charge in [0.15, 0.2) is 12.3 Å². The van der Waals surface area contributed by atoms with Gasteiger partial charge in [-0.25, -0.2) is 18.7 Å². The van der Waals surface area contributed by atoms with E-state index in [0.29, 0.717) is 29.4 Å². The molecule has 23 heavy (non-hydrogen) atoms. The molecular formula is C14H14F2N6O. The first-order chi connectivity index (χ1) is 11.1. The number of pyridine rings is 1. The van der Waals surface area contributed by atoms with E-state index >= 15 is 0 Å². The van der Waals surface area contributed by atoms with Gasteiger partial charge in [0.1, 0.15) is 11.6 Å². The lowest BCUT2D eigenvalue weighted by Crippen LogP contribution is -2.11. The molecule has 0 atom stereocenters. The molecule has 0 aromatic carbocycles. The summed E-state index contributed by atoms with van der Waals surface area (Å²) in [6.45, 7) is 1.43. The zero-order valence-corrected chi connectivity index (χ0v) is 12.3. The van der Waals surface area contributed by atoms with E-state index in [9.17, 15) is 8.78 Å². The van der Waals surface area contributed by atoms with E-state index in [-0.39, 0.29) is 5.88 Å². The molecule has 120 valence electrons. The Hall–Kier alpha value is -2.84. The van der Waals surface area contributed by atoms with Crippen LogP contribution in [0.1, 0.15) is 11.4 Å². The Balaban J connectivity index is 1.71. The second-order valence-electron chi connectivity index (χ2n) is 4.75. The SMILES string of the molecule is Cc1nc2ccc(NCc3cccnc3OCC(F)F)nn2n1. The molecule has 0 bridgehead atoms. The summed E-state index contributed by atoms with van der Waals surface area (Å²) in [6, 6.07) is 7.01. The Morgan fingerprint density at radius 3 is 2.96 bits per heavy atom. The molecule has 0 aliphatic rings. The molecule has 0 aliphatic heterocycles. The van der Waals surface area contributed by atoms with E-state index in [2.05, 4.69) is 25.5 Å². The summed E-state index contributed by atoms with van der Waals surface area (Å²) in [4.78, 5) is 8.16. The maximum absolute atomic E-state index is 12.3. The van der Waals surface area contributed by atoms with Crippen molar-refractivity contribution in [1.82, 2.24) is 24.8 Å². The molecule has 3 heterocycles. The predicted molar refractivity (Wildman–Crippen MR) is 78.6 cm³/mol. The van der Waals surface area contributed by atoms with Crippen molar-refractivity contribution in [1.29, 1.82) is 0 Å². The maximum atomic E-state index is 12.3. The van der Waals surface area contributed by atoms with Gasteiger partial charge in [-0.15, -0.1) is 14.8 Å². The van der Waals surface area contributed by atoms with Gasteiger partial charge in [-0.3, -0.25) is 0 Å². The molecular weight excluding hydrogens is 306 g/mol. The Bertz CT molecular complexity index is 807. The summed E-state index contributed by atoms with van der Waals surface area (Å²) in [5.74, 6) is 1.38. The van der Waals surface area contributed by atoms with Gasteiger partial charge >= 0.3 is 0 Å². The second-order valence-corrected chi connectivity index (χ2v) is 4.75. The van der Waals surface area contributed by atoms with Gasteiger partial charge in [-0.05, 0) is 25.1 Å². The molecule has 1 N–H and O–H groups in total. The van der Waals surface area contributed by atoms with Crippen LogP contribution in [0.25, 0.3) is 5.65 Å². The van der Waals surface area contributed by atoms with Crippen LogP contribution in [0.3, 0.4) is 0 Å². The normalized spacial score (nSPS) is 11.1. The second kappa shape index (κ2) is 6.51. The molecule has 9 heteroatoms. The fourth-order valence-corrected chi connectivity index (χ4v) is 2.00.